The number of rotatable bonds is 8. The summed E-state index contributed by atoms with van der Waals surface area (Å²) in [4.78, 5) is 22.0. The summed E-state index contributed by atoms with van der Waals surface area (Å²) in [5.41, 5.74) is 0.379. The summed E-state index contributed by atoms with van der Waals surface area (Å²) in [6.45, 7) is 4.02. The van der Waals surface area contributed by atoms with Crippen LogP contribution >= 0.6 is 0 Å². The Morgan fingerprint density at radius 2 is 2.26 bits per heavy atom. The minimum absolute atomic E-state index is 0.204. The number of ether oxygens (including phenoxy) is 1. The van der Waals surface area contributed by atoms with Gasteiger partial charge >= 0.3 is 0 Å². The average Bonchev–Trinajstić information content (AvgIpc) is 2.45. The molecule has 1 N–H and O–H groups in total. The molecule has 0 radical (unpaired) electrons. The summed E-state index contributed by atoms with van der Waals surface area (Å²) in [6.07, 6.45) is 3.64. The zero-order valence-corrected chi connectivity index (χ0v) is 11.8. The molecule has 0 aliphatic heterocycles. The van der Waals surface area contributed by atoms with Crippen molar-refractivity contribution in [2.24, 2.45) is 0 Å². The molecule has 0 atom stereocenters. The molecule has 19 heavy (non-hydrogen) atoms. The zero-order valence-electron chi connectivity index (χ0n) is 11.8. The van der Waals surface area contributed by atoms with E-state index < -0.39 is 0 Å². The highest BCUT2D eigenvalue weighted by Crippen LogP contribution is 2.09. The molecule has 1 aromatic heterocycles. The standard InChI is InChI=1S/C13H22N4O2/c1-4-5-7-17(2)12-9-11(15-10-16-12)13(18)14-6-8-19-3/h9-10H,4-8H2,1-3H3,(H,14,18). The van der Waals surface area contributed by atoms with E-state index in [4.69, 9.17) is 4.74 Å². The number of hydrogen-bond acceptors (Lipinski definition) is 5. The quantitative estimate of drug-likeness (QED) is 0.713. The monoisotopic (exact) mass is 266 g/mol. The molecule has 1 heterocycles. The Balaban J connectivity index is 2.62. The highest BCUT2D eigenvalue weighted by molar-refractivity contribution is 5.92. The fourth-order valence-electron chi connectivity index (χ4n) is 1.55. The Morgan fingerprint density at radius 3 is 2.95 bits per heavy atom. The van der Waals surface area contributed by atoms with Gasteiger partial charge < -0.3 is 15.0 Å². The number of nitrogens with one attached hydrogen (secondary N) is 1. The van der Waals surface area contributed by atoms with Crippen LogP contribution in [0.4, 0.5) is 5.82 Å². The molecule has 0 spiro atoms. The van der Waals surface area contributed by atoms with Gasteiger partial charge in [-0.2, -0.15) is 0 Å². The van der Waals surface area contributed by atoms with E-state index in [1.165, 1.54) is 6.33 Å². The van der Waals surface area contributed by atoms with Gasteiger partial charge in [-0.15, -0.1) is 0 Å². The van der Waals surface area contributed by atoms with Crippen LogP contribution in [0.3, 0.4) is 0 Å². The maximum atomic E-state index is 11.8. The first-order valence-corrected chi connectivity index (χ1v) is 6.49. The molecule has 0 aromatic carbocycles. The molecule has 0 fully saturated rings. The van der Waals surface area contributed by atoms with E-state index in [2.05, 4.69) is 22.2 Å². The van der Waals surface area contributed by atoms with Gasteiger partial charge in [0.25, 0.3) is 5.91 Å². The third-order valence-electron chi connectivity index (χ3n) is 2.72. The summed E-state index contributed by atoms with van der Waals surface area (Å²) >= 11 is 0. The lowest BCUT2D eigenvalue weighted by Gasteiger charge is -2.17. The van der Waals surface area contributed by atoms with Crippen LogP contribution in [-0.2, 0) is 4.74 Å². The number of nitrogens with zero attached hydrogens (tertiary/aromatic N) is 3. The second kappa shape index (κ2) is 8.42. The number of unbranched alkanes of at least 4 members (excludes halogenated alkanes) is 1. The van der Waals surface area contributed by atoms with E-state index >= 15 is 0 Å². The lowest BCUT2D eigenvalue weighted by Crippen LogP contribution is -2.28. The van der Waals surface area contributed by atoms with Crippen LogP contribution in [0, 0.1) is 0 Å². The van der Waals surface area contributed by atoms with Crippen molar-refractivity contribution in [3.63, 3.8) is 0 Å². The van der Waals surface area contributed by atoms with Crippen LogP contribution in [0.2, 0.25) is 0 Å². The number of aromatic nitrogens is 2. The molecule has 1 amide bonds. The number of amides is 1. The maximum absolute atomic E-state index is 11.8. The van der Waals surface area contributed by atoms with Gasteiger partial charge in [-0.25, -0.2) is 9.97 Å². The van der Waals surface area contributed by atoms with Crippen LogP contribution in [0.25, 0.3) is 0 Å². The van der Waals surface area contributed by atoms with E-state index in [9.17, 15) is 4.79 Å². The first kappa shape index (κ1) is 15.4. The second-order valence-corrected chi connectivity index (χ2v) is 4.29. The van der Waals surface area contributed by atoms with Gasteiger partial charge in [0, 0.05) is 33.3 Å². The molecule has 0 saturated heterocycles. The van der Waals surface area contributed by atoms with Crippen molar-refractivity contribution in [1.82, 2.24) is 15.3 Å². The van der Waals surface area contributed by atoms with Gasteiger partial charge in [0.05, 0.1) is 6.61 Å². The molecule has 0 unspecified atom stereocenters. The lowest BCUT2D eigenvalue weighted by atomic mass is 10.3. The number of anilines is 1. The minimum atomic E-state index is -0.204. The van der Waals surface area contributed by atoms with Crippen molar-refractivity contribution < 1.29 is 9.53 Å². The Bertz CT molecular complexity index is 398. The first-order valence-electron chi connectivity index (χ1n) is 6.49. The Labute approximate surface area is 114 Å². The molecule has 0 saturated carbocycles. The van der Waals surface area contributed by atoms with Crippen LogP contribution in [0.15, 0.2) is 12.4 Å². The van der Waals surface area contributed by atoms with E-state index in [1.54, 1.807) is 13.2 Å². The third-order valence-corrected chi connectivity index (χ3v) is 2.72. The van der Waals surface area contributed by atoms with E-state index in [0.717, 1.165) is 25.2 Å². The molecular formula is C13H22N4O2. The molecule has 1 rings (SSSR count). The smallest absolute Gasteiger partial charge is 0.270 e. The molecular weight excluding hydrogens is 244 g/mol. The lowest BCUT2D eigenvalue weighted by molar-refractivity contribution is 0.0932. The molecule has 0 aliphatic carbocycles. The highest BCUT2D eigenvalue weighted by atomic mass is 16.5. The fraction of sp³-hybridized carbons (Fsp3) is 0.615. The molecule has 6 nitrogen and oxygen atoms in total. The van der Waals surface area contributed by atoms with Crippen LogP contribution in [0.5, 0.6) is 0 Å². The van der Waals surface area contributed by atoms with Gasteiger partial charge in [-0.05, 0) is 6.42 Å². The maximum Gasteiger partial charge on any atom is 0.270 e. The summed E-state index contributed by atoms with van der Waals surface area (Å²) in [7, 11) is 3.56. The highest BCUT2D eigenvalue weighted by Gasteiger charge is 2.10. The van der Waals surface area contributed by atoms with Crippen LogP contribution in [0.1, 0.15) is 30.3 Å². The van der Waals surface area contributed by atoms with Crippen molar-refractivity contribution in [3.8, 4) is 0 Å². The number of methoxy groups -OCH3 is 1. The number of carbonyl (C=O) groups is 1. The second-order valence-electron chi connectivity index (χ2n) is 4.29. The average molecular weight is 266 g/mol. The largest absolute Gasteiger partial charge is 0.383 e. The van der Waals surface area contributed by atoms with Gasteiger partial charge in [-0.3, -0.25) is 4.79 Å². The predicted octanol–water partition coefficient (Wildman–Crippen LogP) is 1.09. The summed E-state index contributed by atoms with van der Waals surface area (Å²) in [5, 5.41) is 2.74. The van der Waals surface area contributed by atoms with Gasteiger partial charge in [0.15, 0.2) is 0 Å². The van der Waals surface area contributed by atoms with E-state index in [0.29, 0.717) is 18.8 Å². The Kier molecular flexibility index (Phi) is 6.81. The minimum Gasteiger partial charge on any atom is -0.383 e. The Hall–Kier alpha value is -1.69. The van der Waals surface area contributed by atoms with Crippen molar-refractivity contribution in [1.29, 1.82) is 0 Å². The topological polar surface area (TPSA) is 67.4 Å². The molecule has 0 bridgehead atoms. The summed E-state index contributed by atoms with van der Waals surface area (Å²) in [5.74, 6) is 0.560. The predicted molar refractivity (Wildman–Crippen MR) is 74.4 cm³/mol. The van der Waals surface area contributed by atoms with E-state index in [-0.39, 0.29) is 5.91 Å². The Morgan fingerprint density at radius 1 is 1.47 bits per heavy atom. The third kappa shape index (κ3) is 5.21. The zero-order chi connectivity index (χ0) is 14.1. The van der Waals surface area contributed by atoms with E-state index in [1.807, 2.05) is 11.9 Å². The van der Waals surface area contributed by atoms with Crippen LogP contribution < -0.4 is 10.2 Å². The molecule has 0 aliphatic rings. The van der Waals surface area contributed by atoms with Gasteiger partial charge in [0.2, 0.25) is 0 Å². The fourth-order valence-corrected chi connectivity index (χ4v) is 1.55. The SMILES string of the molecule is CCCCN(C)c1cc(C(=O)NCCOC)ncn1. The normalized spacial score (nSPS) is 10.3. The van der Waals surface area contributed by atoms with Crippen molar-refractivity contribution in [3.05, 3.63) is 18.1 Å². The van der Waals surface area contributed by atoms with Crippen molar-refractivity contribution in [2.45, 2.75) is 19.8 Å². The summed E-state index contributed by atoms with van der Waals surface area (Å²) in [6, 6.07) is 1.71. The number of hydrogen-bond donors (Lipinski definition) is 1. The van der Waals surface area contributed by atoms with Gasteiger partial charge in [-0.1, -0.05) is 13.3 Å². The first-order chi connectivity index (χ1) is 9.19. The molecule has 1 aromatic rings. The van der Waals surface area contributed by atoms with Crippen LogP contribution in [-0.4, -0.2) is 49.7 Å². The van der Waals surface area contributed by atoms with Crippen molar-refractivity contribution >= 4 is 11.7 Å². The van der Waals surface area contributed by atoms with Gasteiger partial charge in [0.1, 0.15) is 17.8 Å². The molecule has 6 heteroatoms. The molecule has 106 valence electrons. The number of carbonyl (C=O) groups excluding carboxylic acids is 1. The summed E-state index contributed by atoms with van der Waals surface area (Å²) < 4.78 is 4.88. The van der Waals surface area contributed by atoms with Crippen molar-refractivity contribution in [2.75, 3.05) is 38.8 Å².